The van der Waals surface area contributed by atoms with Crippen molar-refractivity contribution in [2.24, 2.45) is 5.92 Å². The molecule has 3 N–H and O–H groups in total. The van der Waals surface area contributed by atoms with Crippen LogP contribution in [0.15, 0.2) is 0 Å². The first-order valence-electron chi connectivity index (χ1n) is 20.5. The minimum absolute atomic E-state index is 0.135. The Hall–Kier alpha value is -1.14. The van der Waals surface area contributed by atoms with Crippen LogP contribution in [0.1, 0.15) is 220 Å². The number of hydrogen-bond donors (Lipinski definition) is 3. The molecule has 47 heavy (non-hydrogen) atoms. The van der Waals surface area contributed by atoms with Gasteiger partial charge in [0.1, 0.15) is 0 Å². The molecule has 0 aliphatic carbocycles. The highest BCUT2D eigenvalue weighted by molar-refractivity contribution is 5.33. The van der Waals surface area contributed by atoms with Crippen LogP contribution in [0.3, 0.4) is 0 Å². The molecule has 0 aromatic heterocycles. The predicted molar refractivity (Wildman–Crippen MR) is 205 cm³/mol. The summed E-state index contributed by atoms with van der Waals surface area (Å²) in [4.78, 5) is 19.1. The lowest BCUT2D eigenvalue weighted by Gasteiger charge is -2.20. The van der Waals surface area contributed by atoms with Gasteiger partial charge in [-0.05, 0) is 32.4 Å². The molecule has 0 bridgehead atoms. The van der Waals surface area contributed by atoms with Crippen LogP contribution in [-0.4, -0.2) is 59.4 Å². The highest BCUT2D eigenvalue weighted by Crippen LogP contribution is 2.25. The third-order valence-corrected chi connectivity index (χ3v) is 9.50. The van der Waals surface area contributed by atoms with Crippen molar-refractivity contribution in [3.63, 3.8) is 0 Å². The van der Waals surface area contributed by atoms with Crippen LogP contribution in [-0.2, 0) is 9.59 Å². The Balaban J connectivity index is -0.00000297. The van der Waals surface area contributed by atoms with E-state index < -0.39 is 0 Å². The number of aliphatic hydroxyl groups is 1. The molecule has 0 amide bonds. The summed E-state index contributed by atoms with van der Waals surface area (Å²) in [6.07, 6.45) is 43.2. The van der Waals surface area contributed by atoms with Crippen LogP contribution in [0.4, 0.5) is 0 Å². The van der Waals surface area contributed by atoms with Crippen molar-refractivity contribution in [1.29, 1.82) is 0 Å². The summed E-state index contributed by atoms with van der Waals surface area (Å²) in [5.41, 5.74) is 0. The van der Waals surface area contributed by atoms with E-state index in [1.807, 2.05) is 0 Å². The molecule has 0 aliphatic heterocycles. The highest BCUT2D eigenvalue weighted by Gasteiger charge is 2.10. The third-order valence-electron chi connectivity index (χ3n) is 9.50. The van der Waals surface area contributed by atoms with Gasteiger partial charge >= 0.3 is 0 Å². The summed E-state index contributed by atoms with van der Waals surface area (Å²) in [5, 5.41) is 24.2. The van der Waals surface area contributed by atoms with Crippen LogP contribution in [0, 0.1) is 5.92 Å². The molecule has 284 valence electrons. The fraction of sp³-hybridized carbons (Fsp3) is 0.951. The molecule has 0 rings (SSSR count). The Bertz CT molecular complexity index is 540. The zero-order chi connectivity index (χ0) is 35.5. The van der Waals surface area contributed by atoms with E-state index >= 15 is 0 Å². The third kappa shape index (κ3) is 49.4. The van der Waals surface area contributed by atoms with Crippen molar-refractivity contribution in [3.8, 4) is 0 Å². The van der Waals surface area contributed by atoms with E-state index in [1.54, 1.807) is 0 Å². The summed E-state index contributed by atoms with van der Waals surface area (Å²) in [6.45, 7) is 8.43. The Kier molecular flexibility index (Phi) is 50.2. The van der Waals surface area contributed by atoms with Gasteiger partial charge < -0.3 is 20.2 Å². The van der Waals surface area contributed by atoms with E-state index in [1.165, 1.54) is 193 Å². The maximum atomic E-state index is 10.5. The number of aliphatic hydroxyl groups excluding tert-OH is 1. The zero-order valence-corrected chi connectivity index (χ0v) is 32.2. The second kappa shape index (κ2) is 47.0. The molecule has 0 aromatic rings. The molecule has 6 heteroatoms. The molecule has 0 radical (unpaired) electrons. The molecular weight excluding hydrogens is 586 g/mol. The minimum atomic E-state index is -0.250. The summed E-state index contributed by atoms with van der Waals surface area (Å²) in [7, 11) is 2.21. The number of carboxylic acid groups (broad SMARTS) is 2. The van der Waals surface area contributed by atoms with Crippen molar-refractivity contribution >= 4 is 12.9 Å². The average Bonchev–Trinajstić information content (AvgIpc) is 3.05. The van der Waals surface area contributed by atoms with E-state index in [0.29, 0.717) is 0 Å². The van der Waals surface area contributed by atoms with Crippen molar-refractivity contribution in [2.75, 3.05) is 20.1 Å². The van der Waals surface area contributed by atoms with E-state index in [2.05, 4.69) is 32.7 Å². The van der Waals surface area contributed by atoms with Gasteiger partial charge in [0.05, 0.1) is 6.10 Å². The van der Waals surface area contributed by atoms with Crippen LogP contribution >= 0.6 is 0 Å². The van der Waals surface area contributed by atoms with Gasteiger partial charge in [0.2, 0.25) is 0 Å². The minimum Gasteiger partial charge on any atom is -0.483 e. The van der Waals surface area contributed by atoms with E-state index in [9.17, 15) is 5.11 Å². The molecule has 0 saturated heterocycles. The molecule has 0 fully saturated rings. The first kappa shape index (κ1) is 50.2. The standard InChI is InChI=1S/C39H81NO.2CH2O2/c1-5-8-11-14-17-18-19-20-25-30-35-39(41)37-40(4)36-31-26-21-24-29-34-38(32-27-22-15-12-9-6-2)33-28-23-16-13-10-7-3;2*2-1-3/h38-39,41H,5-37H2,1-4H3;2*1H,(H,2,3). The Morgan fingerprint density at radius 2 is 0.702 bits per heavy atom. The molecule has 1 atom stereocenters. The molecule has 0 aliphatic rings. The molecule has 6 nitrogen and oxygen atoms in total. The van der Waals surface area contributed by atoms with Crippen LogP contribution in [0.25, 0.3) is 0 Å². The zero-order valence-electron chi connectivity index (χ0n) is 32.2. The largest absolute Gasteiger partial charge is 0.483 e. The summed E-state index contributed by atoms with van der Waals surface area (Å²) < 4.78 is 0. The molecular formula is C41H85NO5. The second-order valence-electron chi connectivity index (χ2n) is 14.1. The van der Waals surface area contributed by atoms with Gasteiger partial charge in [-0.2, -0.15) is 0 Å². The van der Waals surface area contributed by atoms with E-state index in [0.717, 1.165) is 25.4 Å². The smallest absolute Gasteiger partial charge is 0.290 e. The lowest BCUT2D eigenvalue weighted by atomic mass is 9.89. The molecule has 0 heterocycles. The lowest BCUT2D eigenvalue weighted by Crippen LogP contribution is -2.29. The summed E-state index contributed by atoms with van der Waals surface area (Å²) in [6, 6.07) is 0. The number of nitrogens with zero attached hydrogens (tertiary/aromatic N) is 1. The van der Waals surface area contributed by atoms with Gasteiger partial charge in [-0.25, -0.2) is 0 Å². The first-order valence-corrected chi connectivity index (χ1v) is 20.5. The van der Waals surface area contributed by atoms with E-state index in [-0.39, 0.29) is 19.0 Å². The Labute approximate surface area is 294 Å². The van der Waals surface area contributed by atoms with Crippen molar-refractivity contribution in [1.82, 2.24) is 4.90 Å². The van der Waals surface area contributed by atoms with Crippen LogP contribution in [0.2, 0.25) is 0 Å². The fourth-order valence-corrected chi connectivity index (χ4v) is 6.61. The van der Waals surface area contributed by atoms with Gasteiger partial charge in [-0.1, -0.05) is 207 Å². The Morgan fingerprint density at radius 3 is 1.02 bits per heavy atom. The normalized spacial score (nSPS) is 11.6. The number of hydrogen-bond acceptors (Lipinski definition) is 4. The van der Waals surface area contributed by atoms with Gasteiger partial charge in [-0.15, -0.1) is 0 Å². The van der Waals surface area contributed by atoms with Crippen molar-refractivity contribution in [2.45, 2.75) is 226 Å². The quantitative estimate of drug-likeness (QED) is 0.0458. The lowest BCUT2D eigenvalue weighted by molar-refractivity contribution is -0.123. The first-order chi connectivity index (χ1) is 23.0. The number of rotatable bonds is 35. The SMILES string of the molecule is CCCCCCCCCCCCC(O)CN(C)CCCCCCCC(CCCCCCCC)CCCCCCCC.O=CO.O=CO. The Morgan fingerprint density at radius 1 is 0.447 bits per heavy atom. The number of likely N-dealkylation sites (N-methyl/N-ethyl adjacent to an activating group) is 1. The topological polar surface area (TPSA) is 98.1 Å². The summed E-state index contributed by atoms with van der Waals surface area (Å²) in [5.74, 6) is 0.996. The summed E-state index contributed by atoms with van der Waals surface area (Å²) >= 11 is 0. The highest BCUT2D eigenvalue weighted by atomic mass is 16.3. The van der Waals surface area contributed by atoms with Crippen molar-refractivity contribution < 1.29 is 24.9 Å². The molecule has 0 aromatic carbocycles. The van der Waals surface area contributed by atoms with Gasteiger partial charge in [0.15, 0.2) is 0 Å². The monoisotopic (exact) mass is 672 g/mol. The van der Waals surface area contributed by atoms with Gasteiger partial charge in [-0.3, -0.25) is 9.59 Å². The molecule has 0 saturated carbocycles. The maximum Gasteiger partial charge on any atom is 0.290 e. The van der Waals surface area contributed by atoms with Gasteiger partial charge in [0, 0.05) is 6.54 Å². The molecule has 0 spiro atoms. The van der Waals surface area contributed by atoms with Crippen LogP contribution < -0.4 is 0 Å². The number of unbranched alkanes of at least 4 members (excludes halogenated alkanes) is 23. The van der Waals surface area contributed by atoms with E-state index in [4.69, 9.17) is 19.8 Å². The fourth-order valence-electron chi connectivity index (χ4n) is 6.61. The van der Waals surface area contributed by atoms with Crippen LogP contribution in [0.5, 0.6) is 0 Å². The van der Waals surface area contributed by atoms with Crippen molar-refractivity contribution in [3.05, 3.63) is 0 Å². The second-order valence-corrected chi connectivity index (χ2v) is 14.1. The average molecular weight is 672 g/mol. The molecule has 1 unspecified atom stereocenters. The maximum absolute atomic E-state index is 10.5. The predicted octanol–water partition coefficient (Wildman–Crippen LogP) is 12.4. The van der Waals surface area contributed by atoms with Gasteiger partial charge in [0.25, 0.3) is 12.9 Å². The number of carbonyl (C=O) groups is 2.